The second kappa shape index (κ2) is 10.1. The quantitative estimate of drug-likeness (QED) is 0.216. The van der Waals surface area contributed by atoms with Gasteiger partial charge in [0.1, 0.15) is 0 Å². The van der Waals surface area contributed by atoms with E-state index in [1.165, 1.54) is 56.1 Å². The van der Waals surface area contributed by atoms with E-state index in [4.69, 9.17) is 0 Å². The third kappa shape index (κ3) is 4.05. The van der Waals surface area contributed by atoms with Crippen LogP contribution in [-0.2, 0) is 5.41 Å². The summed E-state index contributed by atoms with van der Waals surface area (Å²) in [6.07, 6.45) is 8.91. The summed E-state index contributed by atoms with van der Waals surface area (Å²) in [7, 11) is 0. The zero-order valence-corrected chi connectivity index (χ0v) is 25.9. The van der Waals surface area contributed by atoms with Crippen LogP contribution in [0.3, 0.4) is 0 Å². The highest BCUT2D eigenvalue weighted by molar-refractivity contribution is 5.96. The van der Waals surface area contributed by atoms with Crippen molar-refractivity contribution in [2.24, 2.45) is 0 Å². The third-order valence-corrected chi connectivity index (χ3v) is 9.73. The molecule has 220 valence electrons. The number of benzene rings is 6. The molecule has 3 heterocycles. The molecule has 0 saturated heterocycles. The minimum atomic E-state index is -0.256. The smallest absolute Gasteiger partial charge is 0.0534 e. The standard InChI is InChI=1S/C43H33N3/c1-43(2)35-27-33(45-39-15-7-3-11-29(39)19-20-30-12-4-8-16-40(30)45)23-25-37(35)44-38-26-24-34(28-36(38)43)46-41-17-9-5-13-31(41)21-22-32-14-6-10-18-42(32)46/h3-28,44H,1-2H3. The van der Waals surface area contributed by atoms with Crippen LogP contribution >= 0.6 is 0 Å². The summed E-state index contributed by atoms with van der Waals surface area (Å²) in [5.74, 6) is 0. The van der Waals surface area contributed by atoms with Crippen LogP contribution in [0.25, 0.3) is 24.3 Å². The van der Waals surface area contributed by atoms with E-state index in [2.05, 4.69) is 187 Å². The summed E-state index contributed by atoms with van der Waals surface area (Å²) < 4.78 is 0. The Morgan fingerprint density at radius 2 is 0.739 bits per heavy atom. The van der Waals surface area contributed by atoms with Gasteiger partial charge in [-0.25, -0.2) is 0 Å². The van der Waals surface area contributed by atoms with Crippen LogP contribution in [0.4, 0.5) is 45.5 Å². The molecule has 0 aromatic heterocycles. The lowest BCUT2D eigenvalue weighted by Crippen LogP contribution is -2.27. The molecule has 3 heteroatoms. The van der Waals surface area contributed by atoms with Gasteiger partial charge in [0.05, 0.1) is 22.7 Å². The highest BCUT2D eigenvalue weighted by Crippen LogP contribution is 2.51. The van der Waals surface area contributed by atoms with Gasteiger partial charge in [0.15, 0.2) is 0 Å². The first-order valence-corrected chi connectivity index (χ1v) is 15.9. The summed E-state index contributed by atoms with van der Waals surface area (Å²) in [6, 6.07) is 48.4. The highest BCUT2D eigenvalue weighted by atomic mass is 15.2. The van der Waals surface area contributed by atoms with E-state index >= 15 is 0 Å². The molecule has 3 nitrogen and oxygen atoms in total. The molecule has 46 heavy (non-hydrogen) atoms. The van der Waals surface area contributed by atoms with Gasteiger partial charge in [-0.15, -0.1) is 0 Å². The maximum Gasteiger partial charge on any atom is 0.0534 e. The van der Waals surface area contributed by atoms with Crippen LogP contribution < -0.4 is 15.1 Å². The van der Waals surface area contributed by atoms with Crippen LogP contribution in [0, 0.1) is 0 Å². The number of hydrogen-bond acceptors (Lipinski definition) is 3. The Balaban J connectivity index is 1.18. The first-order chi connectivity index (χ1) is 22.6. The van der Waals surface area contributed by atoms with Gasteiger partial charge in [0, 0.05) is 28.2 Å². The zero-order chi connectivity index (χ0) is 30.8. The van der Waals surface area contributed by atoms with Gasteiger partial charge in [-0.3, -0.25) is 0 Å². The van der Waals surface area contributed by atoms with E-state index in [0.717, 1.165) is 22.7 Å². The lowest BCUT2D eigenvalue weighted by molar-refractivity contribution is 0.638. The lowest BCUT2D eigenvalue weighted by atomic mass is 9.74. The van der Waals surface area contributed by atoms with Gasteiger partial charge < -0.3 is 15.1 Å². The minimum absolute atomic E-state index is 0.256. The summed E-state index contributed by atoms with van der Waals surface area (Å²) in [6.45, 7) is 4.72. The maximum atomic E-state index is 3.80. The van der Waals surface area contributed by atoms with Crippen molar-refractivity contribution in [2.45, 2.75) is 19.3 Å². The van der Waals surface area contributed by atoms with E-state index < -0.39 is 0 Å². The molecule has 0 bridgehead atoms. The molecule has 0 spiro atoms. The van der Waals surface area contributed by atoms with Crippen molar-refractivity contribution in [3.8, 4) is 0 Å². The molecule has 3 aliphatic heterocycles. The van der Waals surface area contributed by atoms with Crippen molar-refractivity contribution in [1.29, 1.82) is 0 Å². The number of rotatable bonds is 2. The predicted molar refractivity (Wildman–Crippen MR) is 196 cm³/mol. The third-order valence-electron chi connectivity index (χ3n) is 9.73. The van der Waals surface area contributed by atoms with Gasteiger partial charge in [-0.05, 0) is 94.0 Å². The average Bonchev–Trinajstić information content (AvgIpc) is 3.37. The largest absolute Gasteiger partial charge is 0.355 e. The van der Waals surface area contributed by atoms with Crippen molar-refractivity contribution in [2.75, 3.05) is 15.1 Å². The Hall–Kier alpha value is -5.80. The Kier molecular flexibility index (Phi) is 5.85. The molecule has 3 aliphatic rings. The van der Waals surface area contributed by atoms with Gasteiger partial charge in [-0.1, -0.05) is 111 Å². The predicted octanol–water partition coefficient (Wildman–Crippen LogP) is 12.0. The number of anilines is 8. The first kappa shape index (κ1) is 26.6. The maximum absolute atomic E-state index is 3.80. The highest BCUT2D eigenvalue weighted by Gasteiger charge is 2.35. The molecule has 0 atom stereocenters. The molecule has 1 N–H and O–H groups in total. The monoisotopic (exact) mass is 591 g/mol. The van der Waals surface area contributed by atoms with Crippen molar-refractivity contribution in [3.05, 3.63) is 167 Å². The molecule has 0 radical (unpaired) electrons. The summed E-state index contributed by atoms with van der Waals surface area (Å²) in [4.78, 5) is 4.82. The first-order valence-electron chi connectivity index (χ1n) is 15.9. The molecular formula is C43H33N3. The fourth-order valence-corrected chi connectivity index (χ4v) is 7.39. The van der Waals surface area contributed by atoms with Crippen molar-refractivity contribution in [3.63, 3.8) is 0 Å². The lowest BCUT2D eigenvalue weighted by Gasteiger charge is -2.38. The van der Waals surface area contributed by atoms with Crippen molar-refractivity contribution >= 4 is 69.8 Å². The van der Waals surface area contributed by atoms with Crippen molar-refractivity contribution < 1.29 is 0 Å². The molecule has 9 rings (SSSR count). The summed E-state index contributed by atoms with van der Waals surface area (Å²) in [5.41, 5.74) is 16.4. The van der Waals surface area contributed by atoms with Crippen LogP contribution in [-0.4, -0.2) is 0 Å². The SMILES string of the molecule is CC1(C)c2cc(N3c4ccccc4C=Cc4ccccc43)ccc2Nc2ccc(N3c4ccccc4C=Cc4ccccc43)cc21. The number of nitrogens with zero attached hydrogens (tertiary/aromatic N) is 2. The number of hydrogen-bond donors (Lipinski definition) is 1. The second-order valence-corrected chi connectivity index (χ2v) is 12.8. The van der Waals surface area contributed by atoms with Crippen LogP contribution in [0.5, 0.6) is 0 Å². The Morgan fingerprint density at radius 3 is 1.09 bits per heavy atom. The summed E-state index contributed by atoms with van der Waals surface area (Å²) >= 11 is 0. The molecule has 0 amide bonds. The fraction of sp³-hybridized carbons (Fsp3) is 0.0698. The number of nitrogens with one attached hydrogen (secondary N) is 1. The van der Waals surface area contributed by atoms with E-state index in [1.807, 2.05) is 0 Å². The molecule has 6 aromatic carbocycles. The van der Waals surface area contributed by atoms with Crippen LogP contribution in [0.15, 0.2) is 133 Å². The van der Waals surface area contributed by atoms with E-state index in [1.54, 1.807) is 0 Å². The zero-order valence-electron chi connectivity index (χ0n) is 25.9. The van der Waals surface area contributed by atoms with E-state index in [9.17, 15) is 0 Å². The molecule has 0 aliphatic carbocycles. The van der Waals surface area contributed by atoms with E-state index in [-0.39, 0.29) is 5.41 Å². The van der Waals surface area contributed by atoms with Gasteiger partial charge in [-0.2, -0.15) is 0 Å². The normalized spacial score (nSPS) is 14.8. The molecule has 0 unspecified atom stereocenters. The molecular weight excluding hydrogens is 558 g/mol. The van der Waals surface area contributed by atoms with Gasteiger partial charge >= 0.3 is 0 Å². The number of para-hydroxylation sites is 4. The Morgan fingerprint density at radius 1 is 0.413 bits per heavy atom. The second-order valence-electron chi connectivity index (χ2n) is 12.8. The van der Waals surface area contributed by atoms with E-state index in [0.29, 0.717) is 0 Å². The molecule has 6 aromatic rings. The van der Waals surface area contributed by atoms with Gasteiger partial charge in [0.2, 0.25) is 0 Å². The van der Waals surface area contributed by atoms with Crippen molar-refractivity contribution in [1.82, 2.24) is 0 Å². The van der Waals surface area contributed by atoms with Crippen LogP contribution in [0.2, 0.25) is 0 Å². The fourth-order valence-electron chi connectivity index (χ4n) is 7.39. The number of fused-ring (bicyclic) bond motifs is 6. The Bertz CT molecular complexity index is 1980. The topological polar surface area (TPSA) is 18.5 Å². The van der Waals surface area contributed by atoms with Gasteiger partial charge in [0.25, 0.3) is 0 Å². The molecule has 0 saturated carbocycles. The Labute approximate surface area is 270 Å². The van der Waals surface area contributed by atoms with Crippen LogP contribution in [0.1, 0.15) is 47.2 Å². The average molecular weight is 592 g/mol. The summed E-state index contributed by atoms with van der Waals surface area (Å²) in [5, 5.41) is 3.80. The minimum Gasteiger partial charge on any atom is -0.355 e. The molecule has 0 fully saturated rings.